The van der Waals surface area contributed by atoms with Crippen molar-refractivity contribution in [3.05, 3.63) is 83.9 Å². The lowest BCUT2D eigenvalue weighted by atomic mass is 10.2. The normalized spacial score (nSPS) is 10.3. The van der Waals surface area contributed by atoms with Gasteiger partial charge in [0.2, 0.25) is 0 Å². The zero-order valence-corrected chi connectivity index (χ0v) is 17.6. The number of anilines is 1. The first-order valence-corrected chi connectivity index (χ1v) is 10.1. The minimum absolute atomic E-state index is 0.257. The highest BCUT2D eigenvalue weighted by Gasteiger charge is 2.11. The van der Waals surface area contributed by atoms with Gasteiger partial charge in [-0.15, -0.1) is 0 Å². The van der Waals surface area contributed by atoms with Crippen LogP contribution in [0, 0.1) is 0 Å². The number of unbranched alkanes of at least 4 members (excludes halogenated alkanes) is 1. The molecule has 0 aromatic heterocycles. The smallest absolute Gasteiger partial charge is 0.343 e. The Morgan fingerprint density at radius 1 is 0.774 bits per heavy atom. The number of carbonyl (C=O) groups is 2. The van der Waals surface area contributed by atoms with Crippen LogP contribution in [-0.2, 0) is 0 Å². The Morgan fingerprint density at radius 2 is 1.35 bits per heavy atom. The van der Waals surface area contributed by atoms with E-state index >= 15 is 0 Å². The molecule has 0 bridgehead atoms. The van der Waals surface area contributed by atoms with Crippen molar-refractivity contribution in [2.75, 3.05) is 19.0 Å². The number of carbonyl (C=O) groups excluding carboxylic acids is 2. The molecule has 0 aliphatic rings. The molecule has 0 spiro atoms. The summed E-state index contributed by atoms with van der Waals surface area (Å²) >= 11 is 0. The molecular formula is C25H25NO5. The monoisotopic (exact) mass is 419 g/mol. The van der Waals surface area contributed by atoms with Gasteiger partial charge in [-0.3, -0.25) is 4.79 Å². The van der Waals surface area contributed by atoms with Gasteiger partial charge in [0, 0.05) is 11.3 Å². The number of benzene rings is 3. The molecule has 0 saturated heterocycles. The van der Waals surface area contributed by atoms with Crippen molar-refractivity contribution in [2.24, 2.45) is 0 Å². The second-order valence-electron chi connectivity index (χ2n) is 6.82. The van der Waals surface area contributed by atoms with E-state index in [1.807, 2.05) is 12.1 Å². The second-order valence-corrected chi connectivity index (χ2v) is 6.82. The van der Waals surface area contributed by atoms with Gasteiger partial charge >= 0.3 is 5.97 Å². The standard InChI is InChI=1S/C25H25NO5/c1-3-4-17-30-22-15-9-20(10-16-22)26-24(27)18-5-13-23(14-6-18)31-25(28)19-7-11-21(29-2)12-8-19/h5-16H,3-4,17H2,1-2H3,(H,26,27). The average molecular weight is 419 g/mol. The predicted octanol–water partition coefficient (Wildman–Crippen LogP) is 5.35. The van der Waals surface area contributed by atoms with Gasteiger partial charge in [0.15, 0.2) is 0 Å². The lowest BCUT2D eigenvalue weighted by Crippen LogP contribution is -2.12. The third-order valence-corrected chi connectivity index (χ3v) is 4.53. The highest BCUT2D eigenvalue weighted by atomic mass is 16.5. The highest BCUT2D eigenvalue weighted by Crippen LogP contribution is 2.19. The van der Waals surface area contributed by atoms with Crippen LogP contribution in [0.1, 0.15) is 40.5 Å². The Balaban J connectivity index is 1.55. The number of hydrogen-bond donors (Lipinski definition) is 1. The first-order chi connectivity index (χ1) is 15.1. The fourth-order valence-corrected chi connectivity index (χ4v) is 2.74. The van der Waals surface area contributed by atoms with E-state index in [4.69, 9.17) is 14.2 Å². The molecule has 3 rings (SSSR count). The Morgan fingerprint density at radius 3 is 1.97 bits per heavy atom. The molecule has 0 unspecified atom stereocenters. The largest absolute Gasteiger partial charge is 0.497 e. The Hall–Kier alpha value is -3.80. The number of ether oxygens (including phenoxy) is 3. The number of esters is 1. The summed E-state index contributed by atoms with van der Waals surface area (Å²) in [4.78, 5) is 24.7. The van der Waals surface area contributed by atoms with Crippen LogP contribution >= 0.6 is 0 Å². The number of amides is 1. The molecule has 0 fully saturated rings. The summed E-state index contributed by atoms with van der Waals surface area (Å²) in [6.45, 7) is 2.79. The van der Waals surface area contributed by atoms with Crippen LogP contribution in [0.2, 0.25) is 0 Å². The van der Waals surface area contributed by atoms with Crippen LogP contribution in [-0.4, -0.2) is 25.6 Å². The minimum atomic E-state index is -0.485. The Labute approximate surface area is 181 Å². The Kier molecular flexibility index (Phi) is 7.65. The van der Waals surface area contributed by atoms with Crippen LogP contribution in [0.4, 0.5) is 5.69 Å². The molecular weight excluding hydrogens is 394 g/mol. The molecule has 0 radical (unpaired) electrons. The third-order valence-electron chi connectivity index (χ3n) is 4.53. The van der Waals surface area contributed by atoms with Crippen molar-refractivity contribution < 1.29 is 23.8 Å². The van der Waals surface area contributed by atoms with Gasteiger partial charge in [-0.25, -0.2) is 4.79 Å². The minimum Gasteiger partial charge on any atom is -0.497 e. The molecule has 31 heavy (non-hydrogen) atoms. The number of rotatable bonds is 9. The van der Waals surface area contributed by atoms with Gasteiger partial charge in [0.05, 0.1) is 19.3 Å². The van der Waals surface area contributed by atoms with Gasteiger partial charge in [-0.05, 0) is 79.2 Å². The van der Waals surface area contributed by atoms with E-state index in [0.29, 0.717) is 34.9 Å². The van der Waals surface area contributed by atoms with E-state index in [1.165, 1.54) is 0 Å². The molecule has 6 heteroatoms. The van der Waals surface area contributed by atoms with Crippen molar-refractivity contribution in [2.45, 2.75) is 19.8 Å². The maximum atomic E-state index is 12.5. The molecule has 0 atom stereocenters. The molecule has 3 aromatic rings. The summed E-state index contributed by atoms with van der Waals surface area (Å²) < 4.78 is 16.0. The van der Waals surface area contributed by atoms with Crippen LogP contribution in [0.3, 0.4) is 0 Å². The van der Waals surface area contributed by atoms with E-state index in [2.05, 4.69) is 12.2 Å². The van der Waals surface area contributed by atoms with E-state index in [-0.39, 0.29) is 5.91 Å². The summed E-state index contributed by atoms with van der Waals surface area (Å²) in [6.07, 6.45) is 2.08. The lowest BCUT2D eigenvalue weighted by molar-refractivity contribution is 0.0734. The molecule has 3 aromatic carbocycles. The summed E-state index contributed by atoms with van der Waals surface area (Å²) in [5, 5.41) is 2.84. The zero-order chi connectivity index (χ0) is 22.1. The van der Waals surface area contributed by atoms with Crippen molar-refractivity contribution >= 4 is 17.6 Å². The lowest BCUT2D eigenvalue weighted by Gasteiger charge is -2.09. The molecule has 6 nitrogen and oxygen atoms in total. The van der Waals surface area contributed by atoms with E-state index in [1.54, 1.807) is 67.8 Å². The molecule has 1 N–H and O–H groups in total. The van der Waals surface area contributed by atoms with E-state index < -0.39 is 5.97 Å². The maximum absolute atomic E-state index is 12.5. The van der Waals surface area contributed by atoms with Crippen molar-refractivity contribution in [3.63, 3.8) is 0 Å². The SMILES string of the molecule is CCCCOc1ccc(NC(=O)c2ccc(OC(=O)c3ccc(OC)cc3)cc2)cc1. The van der Waals surface area contributed by atoms with Gasteiger partial charge < -0.3 is 19.5 Å². The van der Waals surface area contributed by atoms with Crippen LogP contribution < -0.4 is 19.5 Å². The zero-order valence-electron chi connectivity index (χ0n) is 17.6. The number of hydrogen-bond acceptors (Lipinski definition) is 5. The predicted molar refractivity (Wildman–Crippen MR) is 119 cm³/mol. The highest BCUT2D eigenvalue weighted by molar-refractivity contribution is 6.04. The van der Waals surface area contributed by atoms with E-state index in [9.17, 15) is 9.59 Å². The second kappa shape index (κ2) is 10.8. The third kappa shape index (κ3) is 6.34. The first-order valence-electron chi connectivity index (χ1n) is 10.1. The van der Waals surface area contributed by atoms with Gasteiger partial charge in [-0.2, -0.15) is 0 Å². The molecule has 0 heterocycles. The van der Waals surface area contributed by atoms with Gasteiger partial charge in [0.1, 0.15) is 17.2 Å². The van der Waals surface area contributed by atoms with Gasteiger partial charge in [0.25, 0.3) is 5.91 Å². The van der Waals surface area contributed by atoms with Crippen LogP contribution in [0.15, 0.2) is 72.8 Å². The van der Waals surface area contributed by atoms with Gasteiger partial charge in [-0.1, -0.05) is 13.3 Å². The summed E-state index contributed by atoms with van der Waals surface area (Å²) in [7, 11) is 1.56. The average Bonchev–Trinajstić information content (AvgIpc) is 2.81. The quantitative estimate of drug-likeness (QED) is 0.288. The molecule has 0 aliphatic carbocycles. The number of nitrogens with one attached hydrogen (secondary N) is 1. The molecule has 1 amide bonds. The first kappa shape index (κ1) is 21.9. The fraction of sp³-hybridized carbons (Fsp3) is 0.200. The fourth-order valence-electron chi connectivity index (χ4n) is 2.74. The maximum Gasteiger partial charge on any atom is 0.343 e. The summed E-state index contributed by atoms with van der Waals surface area (Å²) in [5.41, 5.74) is 1.53. The van der Waals surface area contributed by atoms with E-state index in [0.717, 1.165) is 18.6 Å². The molecule has 0 saturated carbocycles. The summed E-state index contributed by atoms with van der Waals surface area (Å²) in [5.74, 6) is 1.04. The van der Waals surface area contributed by atoms with Crippen molar-refractivity contribution in [1.29, 1.82) is 0 Å². The van der Waals surface area contributed by atoms with Crippen molar-refractivity contribution in [1.82, 2.24) is 0 Å². The van der Waals surface area contributed by atoms with Crippen molar-refractivity contribution in [3.8, 4) is 17.2 Å². The number of methoxy groups -OCH3 is 1. The molecule has 160 valence electrons. The Bertz CT molecular complexity index is 996. The summed E-state index contributed by atoms with van der Waals surface area (Å²) in [6, 6.07) is 20.3. The molecule has 0 aliphatic heterocycles. The van der Waals surface area contributed by atoms with Crippen LogP contribution in [0.25, 0.3) is 0 Å². The van der Waals surface area contributed by atoms with Crippen LogP contribution in [0.5, 0.6) is 17.2 Å². The topological polar surface area (TPSA) is 73.9 Å².